The first kappa shape index (κ1) is 26.3. The number of carbonyl (C=O) groups excluding carboxylic acids is 2. The normalized spacial score (nSPS) is 10.8. The molecular weight excluding hydrogens is 384 g/mol. The Morgan fingerprint density at radius 3 is 1.73 bits per heavy atom. The minimum atomic E-state index is -0.866. The third-order valence-electron chi connectivity index (χ3n) is 4.57. The van der Waals surface area contributed by atoms with E-state index >= 15 is 0 Å². The molecule has 0 N–H and O–H groups in total. The van der Waals surface area contributed by atoms with E-state index in [0.717, 1.165) is 13.0 Å². The molecule has 1 rings (SSSR count). The summed E-state index contributed by atoms with van der Waals surface area (Å²) in [7, 11) is 0. The molecule has 0 fully saturated rings. The fraction of sp³-hybridized carbons (Fsp3) is 0.667. The zero-order chi connectivity index (χ0) is 21.7. The van der Waals surface area contributed by atoms with Crippen LogP contribution in [0.2, 0.25) is 0 Å². The SMILES string of the molecule is CCCCCCCCCCOCCOCCOCCOC(=O)C(=O)c1ccccc1. The molecule has 0 unspecified atom stereocenters. The molecule has 170 valence electrons. The molecule has 0 radical (unpaired) electrons. The molecule has 0 saturated carbocycles. The highest BCUT2D eigenvalue weighted by Gasteiger charge is 2.16. The first-order valence-electron chi connectivity index (χ1n) is 11.3. The first-order chi connectivity index (χ1) is 14.8. The summed E-state index contributed by atoms with van der Waals surface area (Å²) in [4.78, 5) is 23.5. The number of esters is 1. The van der Waals surface area contributed by atoms with Crippen LogP contribution in [-0.2, 0) is 23.7 Å². The van der Waals surface area contributed by atoms with Gasteiger partial charge in [-0.1, -0.05) is 82.2 Å². The zero-order valence-corrected chi connectivity index (χ0v) is 18.4. The van der Waals surface area contributed by atoms with E-state index in [0.29, 0.717) is 32.0 Å². The Balaban J connectivity index is 1.79. The molecule has 0 amide bonds. The molecule has 0 aliphatic carbocycles. The van der Waals surface area contributed by atoms with Crippen LogP contribution in [0.15, 0.2) is 30.3 Å². The lowest BCUT2D eigenvalue weighted by atomic mass is 10.1. The number of hydrogen-bond acceptors (Lipinski definition) is 6. The van der Waals surface area contributed by atoms with Crippen LogP contribution in [0, 0.1) is 0 Å². The summed E-state index contributed by atoms with van der Waals surface area (Å²) < 4.78 is 21.2. The van der Waals surface area contributed by atoms with E-state index in [4.69, 9.17) is 18.9 Å². The summed E-state index contributed by atoms with van der Waals surface area (Å²) in [6.45, 7) is 5.30. The average Bonchev–Trinajstić information content (AvgIpc) is 2.78. The maximum absolute atomic E-state index is 11.8. The Bertz CT molecular complexity index is 546. The number of unbranched alkanes of at least 4 members (excludes halogenated alkanes) is 7. The maximum Gasteiger partial charge on any atom is 0.379 e. The van der Waals surface area contributed by atoms with Crippen molar-refractivity contribution in [3.8, 4) is 0 Å². The van der Waals surface area contributed by atoms with Crippen molar-refractivity contribution >= 4 is 11.8 Å². The smallest absolute Gasteiger partial charge is 0.379 e. The van der Waals surface area contributed by atoms with Crippen LogP contribution in [0.1, 0.15) is 68.6 Å². The van der Waals surface area contributed by atoms with E-state index in [1.54, 1.807) is 30.3 Å². The highest BCUT2D eigenvalue weighted by atomic mass is 16.6. The Morgan fingerprint density at radius 1 is 0.633 bits per heavy atom. The molecule has 6 heteroatoms. The van der Waals surface area contributed by atoms with Crippen LogP contribution in [0.3, 0.4) is 0 Å². The molecule has 1 aromatic rings. The molecule has 30 heavy (non-hydrogen) atoms. The fourth-order valence-corrected chi connectivity index (χ4v) is 2.85. The third kappa shape index (κ3) is 14.3. The van der Waals surface area contributed by atoms with Crippen molar-refractivity contribution in [1.29, 1.82) is 0 Å². The molecular formula is C24H38O6. The van der Waals surface area contributed by atoms with Gasteiger partial charge in [0.05, 0.1) is 33.0 Å². The Morgan fingerprint density at radius 2 is 1.13 bits per heavy atom. The third-order valence-corrected chi connectivity index (χ3v) is 4.57. The molecule has 0 atom stereocenters. The number of benzene rings is 1. The van der Waals surface area contributed by atoms with Gasteiger partial charge in [-0.2, -0.15) is 0 Å². The van der Waals surface area contributed by atoms with E-state index < -0.39 is 11.8 Å². The second-order valence-electron chi connectivity index (χ2n) is 7.14. The standard InChI is InChI=1S/C24H38O6/c1-2-3-4-5-6-7-8-12-15-27-16-17-28-18-19-29-20-21-30-24(26)23(25)22-13-10-9-11-14-22/h9-11,13-14H,2-8,12,15-21H2,1H3. The summed E-state index contributed by atoms with van der Waals surface area (Å²) >= 11 is 0. The fourth-order valence-electron chi connectivity index (χ4n) is 2.85. The van der Waals surface area contributed by atoms with E-state index in [2.05, 4.69) is 6.92 Å². The van der Waals surface area contributed by atoms with Crippen LogP contribution >= 0.6 is 0 Å². The predicted octanol–water partition coefficient (Wildman–Crippen LogP) is 4.60. The van der Waals surface area contributed by atoms with E-state index in [1.165, 1.54) is 44.9 Å². The largest absolute Gasteiger partial charge is 0.457 e. The van der Waals surface area contributed by atoms with Gasteiger partial charge in [-0.3, -0.25) is 4.79 Å². The number of Topliss-reactive ketones (excluding diaryl/α,β-unsaturated/α-hetero) is 1. The molecule has 0 bridgehead atoms. The van der Waals surface area contributed by atoms with Crippen molar-refractivity contribution in [2.24, 2.45) is 0 Å². The van der Waals surface area contributed by atoms with Crippen molar-refractivity contribution in [3.05, 3.63) is 35.9 Å². The lowest BCUT2D eigenvalue weighted by Crippen LogP contribution is -2.20. The maximum atomic E-state index is 11.8. The molecule has 0 saturated heterocycles. The van der Waals surface area contributed by atoms with Gasteiger partial charge in [0.2, 0.25) is 0 Å². The monoisotopic (exact) mass is 422 g/mol. The minimum Gasteiger partial charge on any atom is -0.457 e. The Labute approximate surface area is 181 Å². The lowest BCUT2D eigenvalue weighted by Gasteiger charge is -2.07. The Kier molecular flexibility index (Phi) is 16.8. The molecule has 0 aromatic heterocycles. The van der Waals surface area contributed by atoms with Crippen LogP contribution in [0.4, 0.5) is 0 Å². The van der Waals surface area contributed by atoms with Gasteiger partial charge in [-0.15, -0.1) is 0 Å². The van der Waals surface area contributed by atoms with Gasteiger partial charge in [-0.05, 0) is 6.42 Å². The van der Waals surface area contributed by atoms with Gasteiger partial charge in [0, 0.05) is 12.2 Å². The highest BCUT2D eigenvalue weighted by Crippen LogP contribution is 2.08. The Hall–Kier alpha value is -1.76. The molecule has 0 aliphatic heterocycles. The predicted molar refractivity (Wildman–Crippen MR) is 117 cm³/mol. The van der Waals surface area contributed by atoms with E-state index in [9.17, 15) is 9.59 Å². The topological polar surface area (TPSA) is 71.1 Å². The van der Waals surface area contributed by atoms with Crippen LogP contribution in [0.5, 0.6) is 0 Å². The summed E-state index contributed by atoms with van der Waals surface area (Å²) in [5.74, 6) is -1.51. The van der Waals surface area contributed by atoms with Crippen molar-refractivity contribution in [3.63, 3.8) is 0 Å². The van der Waals surface area contributed by atoms with Gasteiger partial charge in [0.1, 0.15) is 6.61 Å². The second-order valence-corrected chi connectivity index (χ2v) is 7.14. The lowest BCUT2D eigenvalue weighted by molar-refractivity contribution is -0.139. The average molecular weight is 423 g/mol. The number of ether oxygens (including phenoxy) is 4. The summed E-state index contributed by atoms with van der Waals surface area (Å²) in [5, 5.41) is 0. The van der Waals surface area contributed by atoms with Gasteiger partial charge in [0.25, 0.3) is 5.78 Å². The van der Waals surface area contributed by atoms with Gasteiger partial charge < -0.3 is 18.9 Å². The van der Waals surface area contributed by atoms with Crippen molar-refractivity contribution in [2.45, 2.75) is 58.3 Å². The number of rotatable bonds is 20. The van der Waals surface area contributed by atoms with Crippen molar-refractivity contribution in [1.82, 2.24) is 0 Å². The zero-order valence-electron chi connectivity index (χ0n) is 18.4. The molecule has 1 aromatic carbocycles. The molecule has 6 nitrogen and oxygen atoms in total. The number of hydrogen-bond donors (Lipinski definition) is 0. The van der Waals surface area contributed by atoms with E-state index in [1.807, 2.05) is 0 Å². The minimum absolute atomic E-state index is 0.0408. The summed E-state index contributed by atoms with van der Waals surface area (Å²) in [5.41, 5.74) is 0.321. The second kappa shape index (κ2) is 19.2. The summed E-state index contributed by atoms with van der Waals surface area (Å²) in [6, 6.07) is 8.34. The van der Waals surface area contributed by atoms with Crippen molar-refractivity contribution in [2.75, 3.05) is 46.2 Å². The van der Waals surface area contributed by atoms with Crippen molar-refractivity contribution < 1.29 is 28.5 Å². The number of ketones is 1. The van der Waals surface area contributed by atoms with Gasteiger partial charge >= 0.3 is 5.97 Å². The molecule has 0 aliphatic rings. The van der Waals surface area contributed by atoms with Gasteiger partial charge in [-0.25, -0.2) is 4.79 Å². The highest BCUT2D eigenvalue weighted by molar-refractivity contribution is 6.40. The molecule has 0 spiro atoms. The summed E-state index contributed by atoms with van der Waals surface area (Å²) in [6.07, 6.45) is 10.4. The van der Waals surface area contributed by atoms with Crippen LogP contribution in [0.25, 0.3) is 0 Å². The van der Waals surface area contributed by atoms with Crippen LogP contribution < -0.4 is 0 Å². The number of carbonyl (C=O) groups is 2. The van der Waals surface area contributed by atoms with E-state index in [-0.39, 0.29) is 13.2 Å². The quantitative estimate of drug-likeness (QED) is 0.132. The van der Waals surface area contributed by atoms with Gasteiger partial charge in [0.15, 0.2) is 0 Å². The first-order valence-corrected chi connectivity index (χ1v) is 11.3. The molecule has 0 heterocycles. The van der Waals surface area contributed by atoms with Crippen LogP contribution in [-0.4, -0.2) is 58.0 Å².